The van der Waals surface area contributed by atoms with Crippen LogP contribution in [-0.4, -0.2) is 27.1 Å². The summed E-state index contributed by atoms with van der Waals surface area (Å²) >= 11 is 11.8. The molecule has 8 nitrogen and oxygen atoms in total. The lowest BCUT2D eigenvalue weighted by molar-refractivity contribution is -0.116. The topological polar surface area (TPSA) is 95.2 Å². The van der Waals surface area contributed by atoms with E-state index >= 15 is 0 Å². The normalized spacial score (nSPS) is 10.8. The maximum absolute atomic E-state index is 12.8. The molecule has 1 N–H and O–H groups in total. The maximum Gasteiger partial charge on any atom is 0.332 e. The van der Waals surface area contributed by atoms with Gasteiger partial charge in [0.05, 0.1) is 17.2 Å². The molecule has 0 fully saturated rings. The highest BCUT2D eigenvalue weighted by atomic mass is 35.5. The van der Waals surface area contributed by atoms with Crippen molar-refractivity contribution in [3.8, 4) is 5.75 Å². The lowest BCUT2D eigenvalue weighted by Gasteiger charge is -2.12. The van der Waals surface area contributed by atoms with E-state index in [2.05, 4.69) is 10.3 Å². The van der Waals surface area contributed by atoms with E-state index in [9.17, 15) is 14.4 Å². The number of anilines is 1. The molecule has 0 aliphatic carbocycles. The minimum atomic E-state index is -0.669. The fourth-order valence-corrected chi connectivity index (χ4v) is 2.91. The fraction of sp³-hybridized carbons (Fsp3) is 0.176. The summed E-state index contributed by atoms with van der Waals surface area (Å²) in [6, 6.07) is 6.06. The van der Waals surface area contributed by atoms with Crippen LogP contribution in [0.4, 0.5) is 5.69 Å². The third kappa shape index (κ3) is 3.54. The molecule has 2 aromatic heterocycles. The van der Waals surface area contributed by atoms with E-state index in [0.717, 1.165) is 4.57 Å². The van der Waals surface area contributed by atoms with Crippen LogP contribution in [0.1, 0.15) is 0 Å². The van der Waals surface area contributed by atoms with Crippen molar-refractivity contribution in [3.63, 3.8) is 0 Å². The molecule has 0 saturated heterocycles. The van der Waals surface area contributed by atoms with Gasteiger partial charge in [0, 0.05) is 18.9 Å². The van der Waals surface area contributed by atoms with E-state index in [4.69, 9.17) is 27.9 Å². The number of benzene rings is 1. The second kappa shape index (κ2) is 7.42. The molecule has 27 heavy (non-hydrogen) atoms. The van der Waals surface area contributed by atoms with E-state index in [-0.39, 0.29) is 21.8 Å². The molecule has 0 unspecified atom stereocenters. The quantitative estimate of drug-likeness (QED) is 0.712. The summed E-state index contributed by atoms with van der Waals surface area (Å²) in [6.07, 6.45) is 1.43. The van der Waals surface area contributed by atoms with Crippen LogP contribution in [0.2, 0.25) is 10.0 Å². The number of hydrogen-bond acceptors (Lipinski definition) is 5. The number of aryl methyl sites for hydroxylation is 1. The van der Waals surface area contributed by atoms with Gasteiger partial charge in [0.2, 0.25) is 5.91 Å². The van der Waals surface area contributed by atoms with Gasteiger partial charge in [-0.25, -0.2) is 14.3 Å². The van der Waals surface area contributed by atoms with Crippen molar-refractivity contribution in [2.45, 2.75) is 6.54 Å². The minimum absolute atomic E-state index is 0.115. The van der Waals surface area contributed by atoms with Crippen LogP contribution in [0.5, 0.6) is 5.75 Å². The molecule has 0 saturated carbocycles. The van der Waals surface area contributed by atoms with Crippen LogP contribution in [-0.2, 0) is 18.4 Å². The molecule has 140 valence electrons. The minimum Gasteiger partial charge on any atom is -0.496 e. The number of nitrogens with one attached hydrogen (secondary N) is 1. The summed E-state index contributed by atoms with van der Waals surface area (Å²) < 4.78 is 7.19. The van der Waals surface area contributed by atoms with Crippen molar-refractivity contribution in [2.24, 2.45) is 7.05 Å². The first-order valence-corrected chi connectivity index (χ1v) is 8.46. The molecule has 0 atom stereocenters. The number of methoxy groups -OCH3 is 1. The van der Waals surface area contributed by atoms with Gasteiger partial charge in [0.1, 0.15) is 17.7 Å². The molecule has 1 amide bonds. The van der Waals surface area contributed by atoms with E-state index in [0.29, 0.717) is 10.7 Å². The van der Waals surface area contributed by atoms with Gasteiger partial charge in [-0.15, -0.1) is 0 Å². The number of pyridine rings is 1. The third-order valence-electron chi connectivity index (χ3n) is 3.91. The average Bonchev–Trinajstić information content (AvgIpc) is 2.65. The van der Waals surface area contributed by atoms with E-state index in [1.54, 1.807) is 6.07 Å². The number of nitrogens with zero attached hydrogens (tertiary/aromatic N) is 3. The van der Waals surface area contributed by atoms with Gasteiger partial charge >= 0.3 is 5.69 Å². The Morgan fingerprint density at radius 3 is 2.63 bits per heavy atom. The molecular weight excluding hydrogens is 395 g/mol. The smallest absolute Gasteiger partial charge is 0.332 e. The zero-order valence-electron chi connectivity index (χ0n) is 14.3. The molecular formula is C17H14Cl2N4O4. The van der Waals surface area contributed by atoms with Crippen LogP contribution in [0, 0.1) is 0 Å². The Bertz CT molecular complexity index is 1170. The van der Waals surface area contributed by atoms with Crippen molar-refractivity contribution >= 4 is 45.8 Å². The van der Waals surface area contributed by atoms with Crippen LogP contribution < -0.4 is 21.3 Å². The Morgan fingerprint density at radius 2 is 1.96 bits per heavy atom. The van der Waals surface area contributed by atoms with E-state index in [1.807, 2.05) is 0 Å². The van der Waals surface area contributed by atoms with Crippen molar-refractivity contribution in [1.29, 1.82) is 0 Å². The first kappa shape index (κ1) is 18.9. The molecule has 3 rings (SSSR count). The number of carbonyl (C=O) groups excluding carboxylic acids is 1. The molecule has 1 aromatic carbocycles. The van der Waals surface area contributed by atoms with Crippen molar-refractivity contribution in [1.82, 2.24) is 14.1 Å². The number of halogens is 2. The lowest BCUT2D eigenvalue weighted by Crippen LogP contribution is -2.42. The summed E-state index contributed by atoms with van der Waals surface area (Å²) in [7, 11) is 2.87. The first-order chi connectivity index (χ1) is 12.8. The lowest BCUT2D eigenvalue weighted by atomic mass is 10.3. The fourth-order valence-electron chi connectivity index (χ4n) is 2.61. The van der Waals surface area contributed by atoms with Crippen LogP contribution >= 0.6 is 23.2 Å². The Morgan fingerprint density at radius 1 is 1.22 bits per heavy atom. The molecule has 0 aliphatic heterocycles. The monoisotopic (exact) mass is 408 g/mol. The Balaban J connectivity index is 2.01. The van der Waals surface area contributed by atoms with Gasteiger partial charge in [-0.2, -0.15) is 0 Å². The van der Waals surface area contributed by atoms with Crippen LogP contribution in [0.15, 0.2) is 40.1 Å². The largest absolute Gasteiger partial charge is 0.496 e. The van der Waals surface area contributed by atoms with Crippen molar-refractivity contribution < 1.29 is 9.53 Å². The number of carbonyl (C=O) groups is 1. The highest BCUT2D eigenvalue weighted by molar-refractivity contribution is 6.42. The van der Waals surface area contributed by atoms with Gasteiger partial charge in [-0.1, -0.05) is 23.2 Å². The predicted molar refractivity (Wildman–Crippen MR) is 103 cm³/mol. The number of hydrogen-bond donors (Lipinski definition) is 1. The highest BCUT2D eigenvalue weighted by Gasteiger charge is 2.18. The Hall–Kier alpha value is -2.84. The predicted octanol–water partition coefficient (Wildman–Crippen LogP) is 2.05. The summed E-state index contributed by atoms with van der Waals surface area (Å²) in [5.41, 5.74) is -0.773. The summed E-state index contributed by atoms with van der Waals surface area (Å²) in [5, 5.41) is 3.30. The van der Waals surface area contributed by atoms with Gasteiger partial charge in [0.25, 0.3) is 5.56 Å². The average molecular weight is 409 g/mol. The number of aromatic nitrogens is 3. The Kier molecular flexibility index (Phi) is 5.20. The zero-order valence-corrected chi connectivity index (χ0v) is 15.8. The second-order valence-corrected chi connectivity index (χ2v) is 6.44. The number of rotatable bonds is 4. The Labute approximate surface area is 162 Å². The van der Waals surface area contributed by atoms with Gasteiger partial charge in [-0.3, -0.25) is 14.2 Å². The van der Waals surface area contributed by atoms with Gasteiger partial charge in [0.15, 0.2) is 5.65 Å². The number of amides is 1. The van der Waals surface area contributed by atoms with E-state index < -0.39 is 23.7 Å². The molecule has 0 bridgehead atoms. The maximum atomic E-state index is 12.8. The van der Waals surface area contributed by atoms with Gasteiger partial charge in [-0.05, 0) is 24.3 Å². The first-order valence-electron chi connectivity index (χ1n) is 7.71. The highest BCUT2D eigenvalue weighted by Crippen LogP contribution is 2.25. The third-order valence-corrected chi connectivity index (χ3v) is 4.65. The van der Waals surface area contributed by atoms with Crippen LogP contribution in [0.3, 0.4) is 0 Å². The molecule has 3 aromatic rings. The van der Waals surface area contributed by atoms with Crippen molar-refractivity contribution in [2.75, 3.05) is 12.4 Å². The van der Waals surface area contributed by atoms with Crippen molar-refractivity contribution in [3.05, 3.63) is 61.3 Å². The molecule has 0 radical (unpaired) electrons. The molecule has 0 spiro atoms. The second-order valence-electron chi connectivity index (χ2n) is 5.62. The SMILES string of the molecule is COc1ccnc2c1c(=O)n(CC(=O)Nc1ccc(Cl)c(Cl)c1)c(=O)n2C. The molecule has 2 heterocycles. The molecule has 0 aliphatic rings. The summed E-state index contributed by atoms with van der Waals surface area (Å²) in [5.74, 6) is -0.311. The summed E-state index contributed by atoms with van der Waals surface area (Å²) in [6.45, 7) is -0.486. The standard InChI is InChI=1S/C17H14Cl2N4O4/c1-22-15-14(12(27-2)5-6-20-15)16(25)23(17(22)26)8-13(24)21-9-3-4-10(18)11(19)7-9/h3-7H,8H2,1-2H3,(H,21,24). The molecule has 10 heteroatoms. The zero-order chi connectivity index (χ0) is 19.7. The van der Waals surface area contributed by atoms with Gasteiger partial charge < -0.3 is 10.1 Å². The van der Waals surface area contributed by atoms with Crippen LogP contribution in [0.25, 0.3) is 11.0 Å². The number of ether oxygens (including phenoxy) is 1. The summed E-state index contributed by atoms with van der Waals surface area (Å²) in [4.78, 5) is 41.7. The van der Waals surface area contributed by atoms with E-state index in [1.165, 1.54) is 43.1 Å². The number of fused-ring (bicyclic) bond motifs is 1.